The number of carbonyl (C=O) groups excluding carboxylic acids is 4. The van der Waals surface area contributed by atoms with Crippen molar-refractivity contribution in [3.63, 3.8) is 0 Å². The van der Waals surface area contributed by atoms with Crippen LogP contribution in [0.1, 0.15) is 81.4 Å². The lowest BCUT2D eigenvalue weighted by molar-refractivity contribution is 0.0554. The topological polar surface area (TPSA) is 175 Å². The number of hydrogen-bond donors (Lipinski definition) is 3. The first kappa shape index (κ1) is 33.0. The number of urea groups is 1. The fourth-order valence-electron chi connectivity index (χ4n) is 4.63. The van der Waals surface area contributed by atoms with Crippen molar-refractivity contribution in [2.45, 2.75) is 71.0 Å². The highest BCUT2D eigenvalue weighted by atomic mass is 16.5. The maximum atomic E-state index is 13.1. The van der Waals surface area contributed by atoms with Crippen molar-refractivity contribution < 1.29 is 38.2 Å². The number of methoxy groups -OCH3 is 2. The molecule has 3 N–H and O–H groups in total. The molecule has 0 saturated heterocycles. The van der Waals surface area contributed by atoms with Crippen LogP contribution in [-0.4, -0.2) is 76.8 Å². The maximum absolute atomic E-state index is 13.1. The van der Waals surface area contributed by atoms with Gasteiger partial charge in [0.25, 0.3) is 0 Å². The zero-order valence-corrected chi connectivity index (χ0v) is 24.9. The molecule has 0 spiro atoms. The van der Waals surface area contributed by atoms with Gasteiger partial charge in [-0.2, -0.15) is 0 Å². The Morgan fingerprint density at radius 2 is 1.67 bits per heavy atom. The summed E-state index contributed by atoms with van der Waals surface area (Å²) in [6, 6.07) is 8.09. The van der Waals surface area contributed by atoms with Crippen molar-refractivity contribution in [3.8, 4) is 0 Å². The summed E-state index contributed by atoms with van der Waals surface area (Å²) in [5.41, 5.74) is 1.36. The third kappa shape index (κ3) is 9.23. The van der Waals surface area contributed by atoms with Crippen LogP contribution in [-0.2, 0) is 35.3 Å². The summed E-state index contributed by atoms with van der Waals surface area (Å²) >= 11 is 0. The number of unbranched alkanes of at least 4 members (excludes halogenated alkanes) is 1. The number of nitrogens with one attached hydrogen (secondary N) is 2. The van der Waals surface area contributed by atoms with Crippen LogP contribution in [0.4, 0.5) is 4.79 Å². The van der Waals surface area contributed by atoms with Gasteiger partial charge in [-0.25, -0.2) is 14.4 Å². The lowest BCUT2D eigenvalue weighted by Crippen LogP contribution is -2.49. The zero-order chi connectivity index (χ0) is 31.4. The Hall–Kier alpha value is -4.52. The van der Waals surface area contributed by atoms with Gasteiger partial charge in [-0.1, -0.05) is 48.9 Å². The van der Waals surface area contributed by atoms with Gasteiger partial charge in [0, 0.05) is 19.5 Å². The molecule has 0 bridgehead atoms. The van der Waals surface area contributed by atoms with Crippen molar-refractivity contribution in [3.05, 3.63) is 70.4 Å². The van der Waals surface area contributed by atoms with Crippen LogP contribution in [0.25, 0.3) is 0 Å². The van der Waals surface area contributed by atoms with Crippen molar-refractivity contribution in [1.82, 2.24) is 25.6 Å². The molecule has 0 aliphatic carbocycles. The van der Waals surface area contributed by atoms with E-state index in [2.05, 4.69) is 27.9 Å². The van der Waals surface area contributed by atoms with Crippen LogP contribution < -0.4 is 10.6 Å². The predicted octanol–water partition coefficient (Wildman–Crippen LogP) is 2.89. The molecule has 2 heterocycles. The maximum Gasteiger partial charge on any atom is 0.342 e. The van der Waals surface area contributed by atoms with Gasteiger partial charge in [-0.05, 0) is 31.2 Å². The first-order chi connectivity index (χ1) is 20.7. The minimum absolute atomic E-state index is 0.000150. The lowest BCUT2D eigenvalue weighted by atomic mass is 10.0. The highest BCUT2D eigenvalue weighted by Crippen LogP contribution is 2.27. The van der Waals surface area contributed by atoms with Crippen LogP contribution in [0.2, 0.25) is 0 Å². The van der Waals surface area contributed by atoms with Gasteiger partial charge in [0.05, 0.1) is 45.1 Å². The number of aliphatic hydroxyl groups is 1. The number of aryl methyl sites for hydroxylation is 2. The molecular weight excluding hydrogens is 558 g/mol. The van der Waals surface area contributed by atoms with Crippen LogP contribution in [0.5, 0.6) is 0 Å². The summed E-state index contributed by atoms with van der Waals surface area (Å²) in [6.45, 7) is 3.26. The van der Waals surface area contributed by atoms with E-state index in [0.29, 0.717) is 13.0 Å². The largest absolute Gasteiger partial charge is 0.465 e. The van der Waals surface area contributed by atoms with E-state index >= 15 is 0 Å². The second kappa shape index (κ2) is 16.2. The third-order valence-corrected chi connectivity index (χ3v) is 6.80. The number of ketones is 1. The number of ether oxygens (including phenoxy) is 2. The SMILES string of the molecule is CCCCc1cn(C[C@H](Cc2ccccc2)NC(=O)N[C@H](CO)CCc2oc(C(C)=O)c(C(=O)OC)c2C(=O)OC)nn1. The number of aliphatic hydroxyl groups excluding tert-OH is 1. The van der Waals surface area contributed by atoms with Crippen LogP contribution in [0, 0.1) is 0 Å². The molecule has 0 radical (unpaired) electrons. The highest BCUT2D eigenvalue weighted by Gasteiger charge is 2.33. The van der Waals surface area contributed by atoms with E-state index in [1.165, 1.54) is 6.92 Å². The molecule has 2 atom stereocenters. The lowest BCUT2D eigenvalue weighted by Gasteiger charge is -2.22. The summed E-state index contributed by atoms with van der Waals surface area (Å²) in [7, 11) is 2.25. The summed E-state index contributed by atoms with van der Waals surface area (Å²) in [5.74, 6) is -2.71. The van der Waals surface area contributed by atoms with E-state index in [1.54, 1.807) is 4.68 Å². The molecule has 13 heteroatoms. The number of amides is 2. The summed E-state index contributed by atoms with van der Waals surface area (Å²) in [6.07, 6.45) is 5.41. The number of esters is 2. The molecule has 232 valence electrons. The van der Waals surface area contributed by atoms with Gasteiger partial charge in [0.2, 0.25) is 0 Å². The van der Waals surface area contributed by atoms with Crippen LogP contribution >= 0.6 is 0 Å². The summed E-state index contributed by atoms with van der Waals surface area (Å²) in [5, 5.41) is 24.2. The number of nitrogens with zero attached hydrogens (tertiary/aromatic N) is 3. The molecule has 1 aromatic carbocycles. The number of benzene rings is 1. The molecule has 3 rings (SSSR count). The molecule has 0 aliphatic rings. The van der Waals surface area contributed by atoms with Gasteiger partial charge >= 0.3 is 18.0 Å². The van der Waals surface area contributed by atoms with Gasteiger partial charge in [-0.15, -0.1) is 5.10 Å². The van der Waals surface area contributed by atoms with E-state index in [1.807, 2.05) is 36.5 Å². The van der Waals surface area contributed by atoms with Crippen molar-refractivity contribution >= 4 is 23.8 Å². The fourth-order valence-corrected chi connectivity index (χ4v) is 4.63. The Bertz CT molecular complexity index is 1380. The Kier molecular flexibility index (Phi) is 12.4. The van der Waals surface area contributed by atoms with Gasteiger partial charge in [0.1, 0.15) is 16.9 Å². The minimum atomic E-state index is -0.925. The number of aromatic nitrogens is 3. The second-order valence-electron chi connectivity index (χ2n) is 10.1. The summed E-state index contributed by atoms with van der Waals surface area (Å²) < 4.78 is 16.9. The monoisotopic (exact) mass is 597 g/mol. The van der Waals surface area contributed by atoms with E-state index in [0.717, 1.165) is 44.7 Å². The van der Waals surface area contributed by atoms with E-state index in [4.69, 9.17) is 13.9 Å². The quantitative estimate of drug-likeness (QED) is 0.164. The molecule has 2 aromatic heterocycles. The van der Waals surface area contributed by atoms with Crippen molar-refractivity contribution in [2.24, 2.45) is 0 Å². The predicted molar refractivity (Wildman–Crippen MR) is 155 cm³/mol. The number of carbonyl (C=O) groups is 4. The average molecular weight is 598 g/mol. The number of furan rings is 1. The number of hydrogen-bond acceptors (Lipinski definition) is 10. The standard InChI is InChI=1S/C30H39N5O8/c1-5-6-12-21-16-35(34-33-21)17-23(15-20-10-8-7-9-11-20)32-30(40)31-22(18-36)13-14-24-25(28(38)41-3)26(29(39)42-4)27(43-24)19(2)37/h7-11,16,22-23,36H,5-6,12-15,17-18H2,1-4H3,(H2,31,32,40)/t22-,23-/m0/s1. The van der Waals surface area contributed by atoms with Crippen LogP contribution in [0.15, 0.2) is 40.9 Å². The molecule has 13 nitrogen and oxygen atoms in total. The summed E-state index contributed by atoms with van der Waals surface area (Å²) in [4.78, 5) is 50.1. The first-order valence-corrected chi connectivity index (χ1v) is 14.1. The average Bonchev–Trinajstić information content (AvgIpc) is 3.62. The first-order valence-electron chi connectivity index (χ1n) is 14.1. The molecule has 43 heavy (non-hydrogen) atoms. The molecule has 3 aromatic rings. The third-order valence-electron chi connectivity index (χ3n) is 6.80. The second-order valence-corrected chi connectivity index (χ2v) is 10.1. The Labute approximate surface area is 249 Å². The number of Topliss-reactive ketones (excluding diaryl/α,β-unsaturated/α-hetero) is 1. The molecular formula is C30H39N5O8. The Morgan fingerprint density at radius 1 is 1.00 bits per heavy atom. The van der Waals surface area contributed by atoms with E-state index in [-0.39, 0.29) is 41.5 Å². The minimum Gasteiger partial charge on any atom is -0.465 e. The van der Waals surface area contributed by atoms with Gasteiger partial charge in [-0.3, -0.25) is 9.48 Å². The van der Waals surface area contributed by atoms with E-state index in [9.17, 15) is 24.3 Å². The molecule has 2 amide bonds. The van der Waals surface area contributed by atoms with Crippen LogP contribution in [0.3, 0.4) is 0 Å². The molecule has 0 fully saturated rings. The molecule has 0 aliphatic heterocycles. The smallest absolute Gasteiger partial charge is 0.342 e. The molecule has 0 unspecified atom stereocenters. The fraction of sp³-hybridized carbons (Fsp3) is 0.467. The van der Waals surface area contributed by atoms with Crippen molar-refractivity contribution in [2.75, 3.05) is 20.8 Å². The highest BCUT2D eigenvalue weighted by molar-refractivity contribution is 6.11. The Balaban J connectivity index is 1.72. The number of rotatable bonds is 16. The zero-order valence-electron chi connectivity index (χ0n) is 24.9. The van der Waals surface area contributed by atoms with Crippen molar-refractivity contribution in [1.29, 1.82) is 0 Å². The van der Waals surface area contributed by atoms with Gasteiger partial charge < -0.3 is 29.6 Å². The molecule has 0 saturated carbocycles. The van der Waals surface area contributed by atoms with E-state index < -0.39 is 36.4 Å². The Morgan fingerprint density at radius 3 is 2.30 bits per heavy atom. The normalized spacial score (nSPS) is 12.3. The van der Waals surface area contributed by atoms with Gasteiger partial charge in [0.15, 0.2) is 11.5 Å².